The van der Waals surface area contributed by atoms with E-state index in [-0.39, 0.29) is 5.88 Å². The number of H-pyrrole nitrogens is 1. The number of aromatic hydroxyl groups is 1. The van der Waals surface area contributed by atoms with Gasteiger partial charge in [-0.05, 0) is 50.2 Å². The lowest BCUT2D eigenvalue weighted by molar-refractivity contribution is 0.209. The molecule has 6 rings (SSSR count). The Kier molecular flexibility index (Phi) is 5.26. The van der Waals surface area contributed by atoms with E-state index >= 15 is 0 Å². The van der Waals surface area contributed by atoms with Crippen LogP contribution in [0.2, 0.25) is 0 Å². The molecule has 0 unspecified atom stereocenters. The van der Waals surface area contributed by atoms with Gasteiger partial charge in [0.25, 0.3) is 0 Å². The Bertz CT molecular complexity index is 1480. The van der Waals surface area contributed by atoms with E-state index in [4.69, 9.17) is 0 Å². The number of aromatic nitrogens is 5. The van der Waals surface area contributed by atoms with Gasteiger partial charge in [-0.1, -0.05) is 6.07 Å². The van der Waals surface area contributed by atoms with Gasteiger partial charge in [-0.15, -0.1) is 0 Å². The molecule has 3 N–H and O–H groups in total. The number of hydrogen-bond donors (Lipinski definition) is 3. The summed E-state index contributed by atoms with van der Waals surface area (Å²) in [5.41, 5.74) is 4.59. The van der Waals surface area contributed by atoms with Gasteiger partial charge in [0.2, 0.25) is 0 Å². The molecule has 0 spiro atoms. The van der Waals surface area contributed by atoms with Crippen LogP contribution in [0.15, 0.2) is 61.2 Å². The Balaban J connectivity index is 1.23. The first-order valence-corrected chi connectivity index (χ1v) is 11.9. The van der Waals surface area contributed by atoms with Crippen molar-refractivity contribution in [1.82, 2.24) is 29.5 Å². The second-order valence-electron chi connectivity index (χ2n) is 9.22. The minimum Gasteiger partial charge on any atom is -0.494 e. The summed E-state index contributed by atoms with van der Waals surface area (Å²) in [6.45, 7) is 8.80. The Morgan fingerprint density at radius 2 is 1.80 bits per heavy atom. The van der Waals surface area contributed by atoms with Crippen molar-refractivity contribution in [2.24, 2.45) is 0 Å². The molecule has 35 heavy (non-hydrogen) atoms. The Morgan fingerprint density at radius 1 is 1.00 bits per heavy atom. The second-order valence-corrected chi connectivity index (χ2v) is 9.22. The van der Waals surface area contributed by atoms with Crippen LogP contribution < -0.4 is 10.2 Å². The summed E-state index contributed by atoms with van der Waals surface area (Å²) < 4.78 is 1.78. The molecular formula is C26H28N8O. The van der Waals surface area contributed by atoms with Crippen LogP contribution in [0.25, 0.3) is 27.7 Å². The number of benzene rings is 2. The highest BCUT2D eigenvalue weighted by molar-refractivity contribution is 5.91. The van der Waals surface area contributed by atoms with Crippen molar-refractivity contribution in [2.75, 3.05) is 36.4 Å². The fourth-order valence-corrected chi connectivity index (χ4v) is 4.77. The molecule has 178 valence electrons. The summed E-state index contributed by atoms with van der Waals surface area (Å²) in [5.74, 6) is 0.809. The summed E-state index contributed by atoms with van der Waals surface area (Å²) in [6.07, 6.45) is 5.11. The van der Waals surface area contributed by atoms with E-state index in [9.17, 15) is 5.11 Å². The lowest BCUT2D eigenvalue weighted by atomic mass is 10.1. The van der Waals surface area contributed by atoms with Crippen LogP contribution in [0.3, 0.4) is 0 Å². The number of piperazine rings is 1. The van der Waals surface area contributed by atoms with Crippen molar-refractivity contribution in [3.63, 3.8) is 0 Å². The van der Waals surface area contributed by atoms with Crippen LogP contribution in [-0.2, 0) is 0 Å². The highest BCUT2D eigenvalue weighted by Crippen LogP contribution is 2.30. The van der Waals surface area contributed by atoms with Crippen molar-refractivity contribution in [1.29, 1.82) is 0 Å². The Hall–Kier alpha value is -4.11. The molecule has 1 aliphatic heterocycles. The highest BCUT2D eigenvalue weighted by atomic mass is 16.3. The third-order valence-electron chi connectivity index (χ3n) is 6.81. The van der Waals surface area contributed by atoms with Crippen LogP contribution in [0.4, 0.5) is 17.2 Å². The zero-order valence-electron chi connectivity index (χ0n) is 19.8. The smallest absolute Gasteiger partial charge is 0.199 e. The minimum atomic E-state index is 0.166. The lowest BCUT2D eigenvalue weighted by Crippen LogP contribution is -2.48. The SMILES string of the molecule is CC(C)N1CCN(c2ccc(Nc3ncc(-c4ccc5c(O)[nH]cc5c4)n4ncnc34)cc2)CC1. The maximum absolute atomic E-state index is 9.90. The molecule has 0 radical (unpaired) electrons. The molecule has 0 atom stereocenters. The topological polar surface area (TPSA) is 97.6 Å². The minimum absolute atomic E-state index is 0.166. The molecule has 3 aromatic heterocycles. The van der Waals surface area contributed by atoms with E-state index in [0.29, 0.717) is 17.5 Å². The predicted octanol–water partition coefficient (Wildman–Crippen LogP) is 4.25. The van der Waals surface area contributed by atoms with Crippen LogP contribution >= 0.6 is 0 Å². The van der Waals surface area contributed by atoms with E-state index in [1.165, 1.54) is 12.0 Å². The van der Waals surface area contributed by atoms with Gasteiger partial charge in [-0.3, -0.25) is 4.90 Å². The summed E-state index contributed by atoms with van der Waals surface area (Å²) in [5, 5.41) is 19.4. The van der Waals surface area contributed by atoms with Gasteiger partial charge in [-0.25, -0.2) is 14.5 Å². The molecule has 1 aliphatic rings. The van der Waals surface area contributed by atoms with Crippen LogP contribution in [0.1, 0.15) is 13.8 Å². The zero-order valence-corrected chi connectivity index (χ0v) is 19.8. The Morgan fingerprint density at radius 3 is 2.57 bits per heavy atom. The molecule has 0 amide bonds. The van der Waals surface area contributed by atoms with E-state index in [1.807, 2.05) is 18.2 Å². The average molecular weight is 469 g/mol. The standard InChI is InChI=1S/C26H28N8O/c1-17(2)32-9-11-33(12-10-32)21-6-4-20(5-7-21)31-24-25-29-16-30-34(25)23(15-27-24)18-3-8-22-19(13-18)14-28-26(22)35/h3-8,13-17,28,35H,9-12H2,1-2H3,(H,27,31). The van der Waals surface area contributed by atoms with Crippen LogP contribution in [0.5, 0.6) is 5.88 Å². The van der Waals surface area contributed by atoms with Gasteiger partial charge < -0.3 is 20.3 Å². The predicted molar refractivity (Wildman–Crippen MR) is 138 cm³/mol. The molecule has 0 bridgehead atoms. The third-order valence-corrected chi connectivity index (χ3v) is 6.81. The lowest BCUT2D eigenvalue weighted by Gasteiger charge is -2.38. The molecule has 9 heteroatoms. The fourth-order valence-electron chi connectivity index (χ4n) is 4.77. The van der Waals surface area contributed by atoms with E-state index in [0.717, 1.165) is 53.9 Å². The van der Waals surface area contributed by atoms with Crippen LogP contribution in [-0.4, -0.2) is 66.8 Å². The number of aromatic amines is 1. The maximum Gasteiger partial charge on any atom is 0.199 e. The van der Waals surface area contributed by atoms with Crippen molar-refractivity contribution < 1.29 is 5.11 Å². The van der Waals surface area contributed by atoms with Gasteiger partial charge in [0.05, 0.1) is 11.9 Å². The van der Waals surface area contributed by atoms with Gasteiger partial charge in [0.1, 0.15) is 6.33 Å². The first-order chi connectivity index (χ1) is 17.1. The van der Waals surface area contributed by atoms with E-state index < -0.39 is 0 Å². The number of nitrogens with one attached hydrogen (secondary N) is 2. The largest absolute Gasteiger partial charge is 0.494 e. The third kappa shape index (κ3) is 3.93. The number of nitrogens with zero attached hydrogens (tertiary/aromatic N) is 6. The normalized spacial score (nSPS) is 14.9. The molecule has 1 fully saturated rings. The summed E-state index contributed by atoms with van der Waals surface area (Å²) in [7, 11) is 0. The summed E-state index contributed by atoms with van der Waals surface area (Å²) >= 11 is 0. The van der Waals surface area contributed by atoms with Crippen molar-refractivity contribution in [2.45, 2.75) is 19.9 Å². The average Bonchev–Trinajstić information content (AvgIpc) is 3.52. The van der Waals surface area contributed by atoms with Gasteiger partial charge in [0, 0.05) is 66.1 Å². The summed E-state index contributed by atoms with van der Waals surface area (Å²) in [6, 6.07) is 14.9. The first-order valence-electron chi connectivity index (χ1n) is 11.9. The Labute approximate surface area is 203 Å². The van der Waals surface area contributed by atoms with E-state index in [2.05, 4.69) is 73.3 Å². The monoisotopic (exact) mass is 468 g/mol. The molecule has 0 saturated carbocycles. The van der Waals surface area contributed by atoms with Crippen molar-refractivity contribution >= 4 is 33.6 Å². The quantitative estimate of drug-likeness (QED) is 0.355. The fraction of sp³-hybridized carbons (Fsp3) is 0.269. The van der Waals surface area contributed by atoms with Gasteiger partial charge >= 0.3 is 0 Å². The molecule has 9 nitrogen and oxygen atoms in total. The number of rotatable bonds is 5. The van der Waals surface area contributed by atoms with Gasteiger partial charge in [0.15, 0.2) is 17.3 Å². The zero-order chi connectivity index (χ0) is 23.9. The highest BCUT2D eigenvalue weighted by Gasteiger charge is 2.19. The van der Waals surface area contributed by atoms with Crippen LogP contribution in [0, 0.1) is 0 Å². The molecule has 2 aromatic carbocycles. The molecule has 5 aromatic rings. The molecular weight excluding hydrogens is 440 g/mol. The number of fused-ring (bicyclic) bond motifs is 2. The first kappa shape index (κ1) is 21.4. The van der Waals surface area contributed by atoms with E-state index in [1.54, 1.807) is 16.9 Å². The number of hydrogen-bond acceptors (Lipinski definition) is 7. The second kappa shape index (κ2) is 8.59. The molecule has 4 heterocycles. The van der Waals surface area contributed by atoms with Crippen molar-refractivity contribution in [3.05, 3.63) is 61.2 Å². The van der Waals surface area contributed by atoms with Crippen molar-refractivity contribution in [3.8, 4) is 17.1 Å². The number of anilines is 3. The summed E-state index contributed by atoms with van der Waals surface area (Å²) in [4.78, 5) is 16.9. The molecule has 0 aliphatic carbocycles. The molecule has 1 saturated heterocycles. The van der Waals surface area contributed by atoms with Gasteiger partial charge in [-0.2, -0.15) is 5.10 Å². The maximum atomic E-state index is 9.90.